The average Bonchev–Trinajstić information content (AvgIpc) is 3.53. The normalized spacial score (nSPS) is 31.3. The number of carbonyl (C=O) groups excluding carboxylic acids is 1. The van der Waals surface area contributed by atoms with E-state index in [4.69, 9.17) is 4.74 Å². The van der Waals surface area contributed by atoms with Gasteiger partial charge >= 0.3 is 5.97 Å². The Morgan fingerprint density at radius 3 is 2.76 bits per heavy atom. The molecule has 6 nitrogen and oxygen atoms in total. The van der Waals surface area contributed by atoms with Gasteiger partial charge in [-0.3, -0.25) is 14.5 Å². The van der Waals surface area contributed by atoms with Crippen LogP contribution in [0.1, 0.15) is 55.8 Å². The molecule has 156 valence electrons. The van der Waals surface area contributed by atoms with Gasteiger partial charge in [0.25, 0.3) is 5.56 Å². The topological polar surface area (TPSA) is 71.8 Å². The number of nitrogens with zero attached hydrogens (tertiary/aromatic N) is 2. The number of fused-ring (bicyclic) bond motifs is 4. The molecule has 2 bridgehead atoms. The van der Waals surface area contributed by atoms with Crippen molar-refractivity contribution in [3.05, 3.63) is 39.8 Å². The van der Waals surface area contributed by atoms with Crippen molar-refractivity contribution >= 4 is 11.5 Å². The monoisotopic (exact) mass is 398 g/mol. The van der Waals surface area contributed by atoms with Crippen LogP contribution in [0.5, 0.6) is 0 Å². The highest BCUT2D eigenvalue weighted by Gasteiger charge is 2.56. The Morgan fingerprint density at radius 1 is 1.28 bits per heavy atom. The van der Waals surface area contributed by atoms with Crippen LogP contribution in [-0.2, 0) is 16.1 Å². The number of hydrogen-bond acceptors (Lipinski definition) is 5. The second-order valence-corrected chi connectivity index (χ2v) is 9.11. The molecule has 1 aromatic rings. The van der Waals surface area contributed by atoms with Crippen LogP contribution in [0.15, 0.2) is 23.0 Å². The second kappa shape index (κ2) is 7.40. The number of carbonyl (C=O) groups is 1. The van der Waals surface area contributed by atoms with Gasteiger partial charge in [-0.15, -0.1) is 0 Å². The van der Waals surface area contributed by atoms with E-state index in [0.29, 0.717) is 12.5 Å². The first-order chi connectivity index (χ1) is 14.1. The first-order valence-corrected chi connectivity index (χ1v) is 11.0. The van der Waals surface area contributed by atoms with Crippen LogP contribution in [0, 0.1) is 17.8 Å². The van der Waals surface area contributed by atoms with Crippen LogP contribution in [0.4, 0.5) is 0 Å². The van der Waals surface area contributed by atoms with Crippen molar-refractivity contribution in [3.8, 4) is 0 Å². The van der Waals surface area contributed by atoms with Crippen LogP contribution >= 0.6 is 0 Å². The van der Waals surface area contributed by atoms with Crippen molar-refractivity contribution in [3.63, 3.8) is 0 Å². The SMILES string of the molecule is COC(=O)[C@@H]1[C@@H](CO)[C@@H]2Cn3c(ccc(C4=CCCCC4)c3=O)[C@H]1N2CC1CC1. The van der Waals surface area contributed by atoms with Gasteiger partial charge in [0.15, 0.2) is 0 Å². The highest BCUT2D eigenvalue weighted by atomic mass is 16.5. The van der Waals surface area contributed by atoms with Gasteiger partial charge in [0.2, 0.25) is 0 Å². The summed E-state index contributed by atoms with van der Waals surface area (Å²) in [6, 6.07) is 3.81. The molecule has 3 heterocycles. The Balaban J connectivity index is 1.60. The maximum absolute atomic E-state index is 13.4. The van der Waals surface area contributed by atoms with E-state index in [9.17, 15) is 14.7 Å². The summed E-state index contributed by atoms with van der Waals surface area (Å²) in [6.45, 7) is 1.40. The number of aromatic nitrogens is 1. The van der Waals surface area contributed by atoms with Gasteiger partial charge in [-0.1, -0.05) is 6.08 Å². The van der Waals surface area contributed by atoms with E-state index >= 15 is 0 Å². The molecule has 2 aliphatic carbocycles. The number of esters is 1. The molecule has 29 heavy (non-hydrogen) atoms. The molecule has 1 saturated heterocycles. The molecule has 0 amide bonds. The summed E-state index contributed by atoms with van der Waals surface area (Å²) < 4.78 is 7.02. The van der Waals surface area contributed by atoms with Crippen molar-refractivity contribution in [1.29, 1.82) is 0 Å². The molecular formula is C23H30N2O4. The molecule has 1 aromatic heterocycles. The van der Waals surface area contributed by atoms with Crippen molar-refractivity contribution in [2.75, 3.05) is 20.3 Å². The lowest BCUT2D eigenvalue weighted by molar-refractivity contribution is -0.148. The maximum atomic E-state index is 13.4. The fourth-order valence-corrected chi connectivity index (χ4v) is 5.80. The predicted octanol–water partition coefficient (Wildman–Crippen LogP) is 2.35. The molecule has 0 unspecified atom stereocenters. The van der Waals surface area contributed by atoms with Crippen molar-refractivity contribution in [1.82, 2.24) is 9.47 Å². The number of aliphatic hydroxyl groups excluding tert-OH is 1. The van der Waals surface area contributed by atoms with E-state index in [1.54, 1.807) is 0 Å². The zero-order valence-corrected chi connectivity index (χ0v) is 17.0. The molecule has 2 aliphatic heterocycles. The van der Waals surface area contributed by atoms with Gasteiger partial charge < -0.3 is 14.4 Å². The van der Waals surface area contributed by atoms with E-state index < -0.39 is 5.92 Å². The van der Waals surface area contributed by atoms with Gasteiger partial charge in [-0.25, -0.2) is 0 Å². The second-order valence-electron chi connectivity index (χ2n) is 9.11. The Morgan fingerprint density at radius 2 is 2.10 bits per heavy atom. The van der Waals surface area contributed by atoms with Gasteiger partial charge in [0.05, 0.1) is 19.1 Å². The number of rotatable bonds is 5. The number of allylic oxidation sites excluding steroid dienone is 2. The van der Waals surface area contributed by atoms with Crippen LogP contribution in [0.3, 0.4) is 0 Å². The highest BCUT2D eigenvalue weighted by Crippen LogP contribution is 2.50. The molecule has 0 spiro atoms. The number of aliphatic hydroxyl groups is 1. The van der Waals surface area contributed by atoms with E-state index in [1.165, 1.54) is 26.4 Å². The molecule has 1 N–H and O–H groups in total. The van der Waals surface area contributed by atoms with Crippen LogP contribution < -0.4 is 5.56 Å². The molecule has 5 rings (SSSR count). The highest BCUT2D eigenvalue weighted by molar-refractivity contribution is 5.75. The number of ether oxygens (including phenoxy) is 1. The summed E-state index contributed by atoms with van der Waals surface area (Å²) in [5, 5.41) is 10.2. The Hall–Kier alpha value is -1.92. The molecule has 0 radical (unpaired) electrons. The lowest BCUT2D eigenvalue weighted by atomic mass is 9.87. The molecule has 2 fully saturated rings. The predicted molar refractivity (Wildman–Crippen MR) is 109 cm³/mol. The van der Waals surface area contributed by atoms with Crippen LogP contribution in [0.25, 0.3) is 5.57 Å². The van der Waals surface area contributed by atoms with Gasteiger partial charge in [-0.05, 0) is 62.1 Å². The van der Waals surface area contributed by atoms with Crippen molar-refractivity contribution in [2.45, 2.75) is 57.2 Å². The van der Waals surface area contributed by atoms with Gasteiger partial charge in [-0.2, -0.15) is 0 Å². The van der Waals surface area contributed by atoms with E-state index in [1.807, 2.05) is 16.7 Å². The minimum absolute atomic E-state index is 0.00418. The molecule has 1 saturated carbocycles. The molecule has 6 heteroatoms. The van der Waals surface area contributed by atoms with Crippen molar-refractivity contribution in [2.24, 2.45) is 17.8 Å². The largest absolute Gasteiger partial charge is 0.469 e. The fourth-order valence-electron chi connectivity index (χ4n) is 5.80. The zero-order valence-electron chi connectivity index (χ0n) is 17.0. The number of methoxy groups -OCH3 is 1. The third kappa shape index (κ3) is 3.08. The molecular weight excluding hydrogens is 368 g/mol. The quantitative estimate of drug-likeness (QED) is 0.771. The van der Waals surface area contributed by atoms with Crippen LogP contribution in [-0.4, -0.2) is 46.8 Å². The first kappa shape index (κ1) is 19.1. The lowest BCUT2D eigenvalue weighted by Gasteiger charge is -2.38. The summed E-state index contributed by atoms with van der Waals surface area (Å²) in [5.74, 6) is -0.248. The minimum atomic E-state index is -0.429. The van der Waals surface area contributed by atoms with Gasteiger partial charge in [0, 0.05) is 42.9 Å². The summed E-state index contributed by atoms with van der Waals surface area (Å²) in [6.07, 6.45) is 8.97. The molecule has 4 atom stereocenters. The number of hydrogen-bond donors (Lipinski definition) is 1. The van der Waals surface area contributed by atoms with Crippen molar-refractivity contribution < 1.29 is 14.6 Å². The Kier molecular flexibility index (Phi) is 4.87. The summed E-state index contributed by atoms with van der Waals surface area (Å²) >= 11 is 0. The standard InChI is InChI=1S/C23H30N2O4/c1-29-23(28)20-17(13-26)19-12-25-18(21(20)24(19)11-14-7-8-14)10-9-16(22(25)27)15-5-3-2-4-6-15/h5,9-10,14,17,19-21,26H,2-4,6-8,11-13H2,1H3/t17-,19-,20+,21+/m0/s1. The van der Waals surface area contributed by atoms with Gasteiger partial charge in [0.1, 0.15) is 0 Å². The van der Waals surface area contributed by atoms with E-state index in [0.717, 1.165) is 42.6 Å². The Bertz CT molecular complexity index is 901. The molecule has 0 aromatic carbocycles. The third-order valence-corrected chi connectivity index (χ3v) is 7.45. The smallest absolute Gasteiger partial charge is 0.311 e. The first-order valence-electron chi connectivity index (χ1n) is 11.0. The lowest BCUT2D eigenvalue weighted by Crippen LogP contribution is -2.47. The zero-order chi connectivity index (χ0) is 20.1. The minimum Gasteiger partial charge on any atom is -0.469 e. The fraction of sp³-hybridized carbons (Fsp3) is 0.652. The van der Waals surface area contributed by atoms with E-state index in [2.05, 4.69) is 11.0 Å². The van der Waals surface area contributed by atoms with Crippen LogP contribution in [0.2, 0.25) is 0 Å². The third-order valence-electron chi connectivity index (χ3n) is 7.45. The molecule has 4 aliphatic rings. The average molecular weight is 399 g/mol. The summed E-state index contributed by atoms with van der Waals surface area (Å²) in [5.41, 5.74) is 2.92. The Labute approximate surface area is 171 Å². The number of pyridine rings is 1. The van der Waals surface area contributed by atoms with E-state index in [-0.39, 0.29) is 36.1 Å². The summed E-state index contributed by atoms with van der Waals surface area (Å²) in [7, 11) is 1.41. The summed E-state index contributed by atoms with van der Waals surface area (Å²) in [4.78, 5) is 28.5. The maximum Gasteiger partial charge on any atom is 0.311 e.